The molecular formula is C15H21N3O. The SMILES string of the molecule is O=C(NC1CCC1)c1cc(N2CCCCC2)ccn1. The molecule has 4 nitrogen and oxygen atoms in total. The number of aromatic nitrogens is 1. The van der Waals surface area contributed by atoms with Crippen LogP contribution in [-0.2, 0) is 0 Å². The van der Waals surface area contributed by atoms with E-state index in [1.165, 1.54) is 25.7 Å². The van der Waals surface area contributed by atoms with Crippen molar-refractivity contribution in [2.45, 2.75) is 44.6 Å². The fourth-order valence-corrected chi connectivity index (χ4v) is 2.70. The van der Waals surface area contributed by atoms with Crippen molar-refractivity contribution in [2.75, 3.05) is 18.0 Å². The average molecular weight is 259 g/mol. The van der Waals surface area contributed by atoms with Crippen LogP contribution in [0.2, 0.25) is 0 Å². The van der Waals surface area contributed by atoms with Gasteiger partial charge in [-0.1, -0.05) is 0 Å². The number of rotatable bonds is 3. The smallest absolute Gasteiger partial charge is 0.270 e. The Morgan fingerprint density at radius 2 is 2.00 bits per heavy atom. The molecule has 4 heteroatoms. The summed E-state index contributed by atoms with van der Waals surface area (Å²) in [5.74, 6) is -0.0245. The van der Waals surface area contributed by atoms with Gasteiger partial charge >= 0.3 is 0 Å². The molecule has 0 radical (unpaired) electrons. The Bertz CT molecular complexity index is 450. The number of carbonyl (C=O) groups is 1. The first-order valence-corrected chi connectivity index (χ1v) is 7.35. The molecular weight excluding hydrogens is 238 g/mol. The van der Waals surface area contributed by atoms with Crippen LogP contribution in [0.3, 0.4) is 0 Å². The van der Waals surface area contributed by atoms with Crippen molar-refractivity contribution in [3.8, 4) is 0 Å². The van der Waals surface area contributed by atoms with Gasteiger partial charge in [0.05, 0.1) is 0 Å². The van der Waals surface area contributed by atoms with Crippen LogP contribution in [0.25, 0.3) is 0 Å². The predicted molar refractivity (Wildman–Crippen MR) is 75.4 cm³/mol. The van der Waals surface area contributed by atoms with Crippen LogP contribution in [0, 0.1) is 0 Å². The van der Waals surface area contributed by atoms with Gasteiger partial charge in [0.15, 0.2) is 0 Å². The summed E-state index contributed by atoms with van der Waals surface area (Å²) in [6.45, 7) is 2.18. The maximum Gasteiger partial charge on any atom is 0.270 e. The second kappa shape index (κ2) is 5.59. The molecule has 2 fully saturated rings. The molecule has 2 heterocycles. The van der Waals surface area contributed by atoms with E-state index in [1.807, 2.05) is 12.1 Å². The molecule has 2 aliphatic rings. The minimum Gasteiger partial charge on any atom is -0.371 e. The molecule has 3 rings (SSSR count). The van der Waals surface area contributed by atoms with Crippen molar-refractivity contribution < 1.29 is 4.79 Å². The fourth-order valence-electron chi connectivity index (χ4n) is 2.70. The lowest BCUT2D eigenvalue weighted by atomic mass is 9.93. The maximum atomic E-state index is 12.1. The third-order valence-corrected chi connectivity index (χ3v) is 4.14. The molecule has 1 amide bonds. The van der Waals surface area contributed by atoms with E-state index in [9.17, 15) is 4.79 Å². The van der Waals surface area contributed by atoms with Gasteiger partial charge in [-0.25, -0.2) is 0 Å². The molecule has 1 aromatic rings. The molecule has 0 bridgehead atoms. The second-order valence-corrected chi connectivity index (χ2v) is 5.55. The monoisotopic (exact) mass is 259 g/mol. The molecule has 1 saturated carbocycles. The summed E-state index contributed by atoms with van der Waals surface area (Å²) in [6.07, 6.45) is 9.00. The van der Waals surface area contributed by atoms with Crippen LogP contribution >= 0.6 is 0 Å². The van der Waals surface area contributed by atoms with Gasteiger partial charge in [0, 0.05) is 31.0 Å². The highest BCUT2D eigenvalue weighted by Gasteiger charge is 2.21. The first-order chi connectivity index (χ1) is 9.33. The number of nitrogens with one attached hydrogen (secondary N) is 1. The number of anilines is 1. The van der Waals surface area contributed by atoms with E-state index in [2.05, 4.69) is 15.2 Å². The fraction of sp³-hybridized carbons (Fsp3) is 0.600. The number of piperidine rings is 1. The van der Waals surface area contributed by atoms with E-state index < -0.39 is 0 Å². The molecule has 1 saturated heterocycles. The maximum absolute atomic E-state index is 12.1. The normalized spacial score (nSPS) is 19.9. The van der Waals surface area contributed by atoms with Gasteiger partial charge in [-0.2, -0.15) is 0 Å². The summed E-state index contributed by atoms with van der Waals surface area (Å²) in [5, 5.41) is 3.04. The Balaban J connectivity index is 1.69. The van der Waals surface area contributed by atoms with E-state index in [0.717, 1.165) is 31.6 Å². The summed E-state index contributed by atoms with van der Waals surface area (Å²) >= 11 is 0. The third kappa shape index (κ3) is 2.88. The predicted octanol–water partition coefficient (Wildman–Crippen LogP) is 2.35. The first kappa shape index (κ1) is 12.5. The number of carbonyl (C=O) groups excluding carboxylic acids is 1. The van der Waals surface area contributed by atoms with Gasteiger partial charge in [-0.3, -0.25) is 9.78 Å². The quantitative estimate of drug-likeness (QED) is 0.906. The van der Waals surface area contributed by atoms with Crippen molar-refractivity contribution in [3.63, 3.8) is 0 Å². The highest BCUT2D eigenvalue weighted by Crippen LogP contribution is 2.21. The zero-order valence-corrected chi connectivity index (χ0v) is 11.3. The van der Waals surface area contributed by atoms with E-state index in [0.29, 0.717) is 11.7 Å². The molecule has 0 atom stereocenters. The van der Waals surface area contributed by atoms with Crippen molar-refractivity contribution in [1.82, 2.24) is 10.3 Å². The molecule has 1 aromatic heterocycles. The van der Waals surface area contributed by atoms with Gasteiger partial charge in [0.2, 0.25) is 0 Å². The van der Waals surface area contributed by atoms with Crippen molar-refractivity contribution >= 4 is 11.6 Å². The van der Waals surface area contributed by atoms with Gasteiger partial charge in [0.25, 0.3) is 5.91 Å². The summed E-state index contributed by atoms with van der Waals surface area (Å²) in [4.78, 5) is 18.7. The topological polar surface area (TPSA) is 45.2 Å². The third-order valence-electron chi connectivity index (χ3n) is 4.14. The van der Waals surface area contributed by atoms with Crippen LogP contribution < -0.4 is 10.2 Å². The Hall–Kier alpha value is -1.58. The standard InChI is InChI=1S/C15H21N3O/c19-15(17-12-5-4-6-12)14-11-13(7-8-16-14)18-9-2-1-3-10-18/h7-8,11-12H,1-6,9-10H2,(H,17,19). The van der Waals surface area contributed by atoms with Gasteiger partial charge in [-0.15, -0.1) is 0 Å². The molecule has 1 N–H and O–H groups in total. The van der Waals surface area contributed by atoms with Crippen LogP contribution in [0.15, 0.2) is 18.3 Å². The molecule has 1 aliphatic heterocycles. The number of hydrogen-bond acceptors (Lipinski definition) is 3. The number of amides is 1. The van der Waals surface area contributed by atoms with Crippen molar-refractivity contribution in [1.29, 1.82) is 0 Å². The minimum absolute atomic E-state index is 0.0245. The minimum atomic E-state index is -0.0245. The zero-order valence-electron chi connectivity index (χ0n) is 11.3. The van der Waals surface area contributed by atoms with Gasteiger partial charge in [0.1, 0.15) is 5.69 Å². The highest BCUT2D eigenvalue weighted by atomic mass is 16.1. The van der Waals surface area contributed by atoms with E-state index in [4.69, 9.17) is 0 Å². The van der Waals surface area contributed by atoms with Gasteiger partial charge in [-0.05, 0) is 50.7 Å². The Morgan fingerprint density at radius 1 is 1.21 bits per heavy atom. The van der Waals surface area contributed by atoms with E-state index >= 15 is 0 Å². The summed E-state index contributed by atoms with van der Waals surface area (Å²) < 4.78 is 0. The summed E-state index contributed by atoms with van der Waals surface area (Å²) in [6, 6.07) is 4.30. The van der Waals surface area contributed by atoms with Crippen molar-refractivity contribution in [2.24, 2.45) is 0 Å². The van der Waals surface area contributed by atoms with Crippen LogP contribution in [0.4, 0.5) is 5.69 Å². The van der Waals surface area contributed by atoms with Crippen LogP contribution in [0.1, 0.15) is 49.0 Å². The number of pyridine rings is 1. The lowest BCUT2D eigenvalue weighted by Crippen LogP contribution is -2.39. The van der Waals surface area contributed by atoms with Crippen LogP contribution in [-0.4, -0.2) is 30.0 Å². The number of nitrogens with zero attached hydrogens (tertiary/aromatic N) is 2. The Morgan fingerprint density at radius 3 is 2.68 bits per heavy atom. The largest absolute Gasteiger partial charge is 0.371 e. The van der Waals surface area contributed by atoms with Gasteiger partial charge < -0.3 is 10.2 Å². The molecule has 1 aliphatic carbocycles. The lowest BCUT2D eigenvalue weighted by Gasteiger charge is -2.29. The zero-order chi connectivity index (χ0) is 13.1. The highest BCUT2D eigenvalue weighted by molar-refractivity contribution is 5.93. The first-order valence-electron chi connectivity index (χ1n) is 7.35. The Labute approximate surface area is 114 Å². The van der Waals surface area contributed by atoms with E-state index in [1.54, 1.807) is 6.20 Å². The van der Waals surface area contributed by atoms with Crippen molar-refractivity contribution in [3.05, 3.63) is 24.0 Å². The lowest BCUT2D eigenvalue weighted by molar-refractivity contribution is 0.0912. The molecule has 0 spiro atoms. The second-order valence-electron chi connectivity index (χ2n) is 5.55. The van der Waals surface area contributed by atoms with Crippen LogP contribution in [0.5, 0.6) is 0 Å². The molecule has 102 valence electrons. The van der Waals surface area contributed by atoms with E-state index in [-0.39, 0.29) is 5.91 Å². The molecule has 0 aromatic carbocycles. The average Bonchev–Trinajstić information content (AvgIpc) is 2.44. The molecule has 19 heavy (non-hydrogen) atoms. The molecule has 0 unspecified atom stereocenters. The summed E-state index contributed by atoms with van der Waals surface area (Å²) in [7, 11) is 0. The number of hydrogen-bond donors (Lipinski definition) is 1. The summed E-state index contributed by atoms with van der Waals surface area (Å²) in [5.41, 5.74) is 1.68. The Kier molecular flexibility index (Phi) is 3.67.